The molecular weight excluding hydrogens is 361 g/mol. The van der Waals surface area contributed by atoms with Gasteiger partial charge in [-0.3, -0.25) is 15.1 Å². The van der Waals surface area contributed by atoms with Crippen LogP contribution in [0, 0.1) is 0 Å². The van der Waals surface area contributed by atoms with E-state index >= 15 is 0 Å². The molecule has 1 unspecified atom stereocenters. The van der Waals surface area contributed by atoms with E-state index in [1.165, 1.54) is 18.3 Å². The van der Waals surface area contributed by atoms with Crippen molar-refractivity contribution in [1.29, 1.82) is 0 Å². The second kappa shape index (κ2) is 6.61. The molecule has 0 spiro atoms. The number of ether oxygens (including phenoxy) is 1. The molecule has 0 radical (unpaired) electrons. The normalized spacial score (nSPS) is 19.7. The number of nitrogens with zero attached hydrogens (tertiary/aromatic N) is 1. The molecule has 0 bridgehead atoms. The molecule has 1 aromatic carbocycles. The van der Waals surface area contributed by atoms with Gasteiger partial charge in [0.2, 0.25) is 5.91 Å². The van der Waals surface area contributed by atoms with Gasteiger partial charge < -0.3 is 10.1 Å². The minimum absolute atomic E-state index is 0.0998. The van der Waals surface area contributed by atoms with Crippen molar-refractivity contribution < 1.29 is 27.9 Å². The fourth-order valence-electron chi connectivity index (χ4n) is 2.74. The van der Waals surface area contributed by atoms with E-state index < -0.39 is 28.7 Å². The molecule has 134 valence electrons. The van der Waals surface area contributed by atoms with E-state index in [0.29, 0.717) is 5.76 Å². The van der Waals surface area contributed by atoms with Gasteiger partial charge in [-0.15, -0.1) is 0 Å². The lowest BCUT2D eigenvalue weighted by Gasteiger charge is -2.18. The summed E-state index contributed by atoms with van der Waals surface area (Å²) >= 11 is 5.80. The molecule has 2 heterocycles. The maximum atomic E-state index is 12.9. The number of hydrogen-bond donors (Lipinski definition) is 2. The van der Waals surface area contributed by atoms with Crippen LogP contribution >= 0.6 is 11.6 Å². The summed E-state index contributed by atoms with van der Waals surface area (Å²) in [6, 6.07) is 3.06. The average Bonchev–Trinajstić information content (AvgIpc) is 2.90. The molecule has 0 aliphatic carbocycles. The van der Waals surface area contributed by atoms with E-state index in [2.05, 4.69) is 5.32 Å². The van der Waals surface area contributed by atoms with E-state index in [9.17, 15) is 23.2 Å². The molecule has 2 N–H and O–H groups in total. The molecule has 1 amide bonds. The number of rotatable bonds is 3. The molecule has 0 fully saturated rings. The molecule has 2 aliphatic heterocycles. The summed E-state index contributed by atoms with van der Waals surface area (Å²) in [7, 11) is 0. The van der Waals surface area contributed by atoms with E-state index in [4.69, 9.17) is 16.3 Å². The number of benzene rings is 1. The van der Waals surface area contributed by atoms with Gasteiger partial charge in [-0.1, -0.05) is 23.7 Å². The first kappa shape index (κ1) is 17.6. The number of amides is 1. The molecule has 1 aromatic rings. The summed E-state index contributed by atoms with van der Waals surface area (Å²) in [5, 5.41) is 12.6. The van der Waals surface area contributed by atoms with E-state index in [1.807, 2.05) is 0 Å². The van der Waals surface area contributed by atoms with Gasteiger partial charge in [0.25, 0.3) is 0 Å². The monoisotopic (exact) mass is 374 g/mol. The first-order chi connectivity index (χ1) is 11.8. The van der Waals surface area contributed by atoms with Crippen LogP contribution in [0.15, 0.2) is 41.8 Å². The minimum atomic E-state index is -4.58. The van der Waals surface area contributed by atoms with Crippen molar-refractivity contribution in [2.75, 3.05) is 13.2 Å². The first-order valence-corrected chi connectivity index (χ1v) is 7.77. The summed E-state index contributed by atoms with van der Waals surface area (Å²) in [4.78, 5) is 12.2. The third-order valence-electron chi connectivity index (χ3n) is 3.92. The maximum Gasteiger partial charge on any atom is 0.417 e. The highest BCUT2D eigenvalue weighted by atomic mass is 35.5. The van der Waals surface area contributed by atoms with Gasteiger partial charge in [0.1, 0.15) is 18.9 Å². The number of carbonyl (C=O) groups is 1. The topological polar surface area (TPSA) is 61.8 Å². The minimum Gasteiger partial charge on any atom is -0.493 e. The average molecular weight is 375 g/mol. The number of nitrogens with one attached hydrogen (secondary N) is 1. The van der Waals surface area contributed by atoms with Crippen LogP contribution in [0.5, 0.6) is 0 Å². The van der Waals surface area contributed by atoms with Crippen LogP contribution in [0.3, 0.4) is 0 Å². The molecule has 9 heteroatoms. The third-order valence-corrected chi connectivity index (χ3v) is 4.37. The standard InChI is InChI=1S/C16H14ClF3N2O3/c17-15-9(2-1-3-11(15)16(18,19)20)6-14(23)21-12-8-25-13-7-22(24)5-4-10(12)13/h1-5,12,24H,6-8H2,(H,21,23). The smallest absolute Gasteiger partial charge is 0.417 e. The van der Waals surface area contributed by atoms with Crippen molar-refractivity contribution in [3.63, 3.8) is 0 Å². The summed E-state index contributed by atoms with van der Waals surface area (Å²) in [5.74, 6) is 0.0794. The predicted octanol–water partition coefficient (Wildman–Crippen LogP) is 2.89. The Morgan fingerprint density at radius 2 is 2.20 bits per heavy atom. The number of carbonyl (C=O) groups excluding carboxylic acids is 1. The largest absolute Gasteiger partial charge is 0.493 e. The van der Waals surface area contributed by atoms with Crippen LogP contribution in [-0.2, 0) is 22.1 Å². The summed E-state index contributed by atoms with van der Waals surface area (Å²) in [6.07, 6.45) is -1.80. The van der Waals surface area contributed by atoms with Crippen LogP contribution in [0.4, 0.5) is 13.2 Å². The molecule has 3 rings (SSSR count). The molecule has 25 heavy (non-hydrogen) atoms. The zero-order chi connectivity index (χ0) is 18.2. The second-order valence-electron chi connectivity index (χ2n) is 5.68. The van der Waals surface area contributed by atoms with Crippen LogP contribution in [0.2, 0.25) is 5.02 Å². The molecule has 5 nitrogen and oxygen atoms in total. The Kier molecular flexibility index (Phi) is 4.66. The second-order valence-corrected chi connectivity index (χ2v) is 6.05. The Hall–Kier alpha value is -2.19. The van der Waals surface area contributed by atoms with Crippen molar-refractivity contribution in [2.24, 2.45) is 0 Å². The van der Waals surface area contributed by atoms with Gasteiger partial charge in [0.05, 0.1) is 23.0 Å². The molecule has 1 atom stereocenters. The zero-order valence-electron chi connectivity index (χ0n) is 12.8. The molecule has 0 saturated carbocycles. The van der Waals surface area contributed by atoms with Crippen molar-refractivity contribution in [3.05, 3.63) is 58.0 Å². The van der Waals surface area contributed by atoms with E-state index in [-0.39, 0.29) is 25.1 Å². The molecule has 0 saturated heterocycles. The predicted molar refractivity (Wildman–Crippen MR) is 82.7 cm³/mol. The third kappa shape index (κ3) is 3.74. The number of hydrogen-bond acceptors (Lipinski definition) is 4. The van der Waals surface area contributed by atoms with Crippen LogP contribution in [0.25, 0.3) is 0 Å². The van der Waals surface area contributed by atoms with Gasteiger partial charge >= 0.3 is 6.18 Å². The lowest BCUT2D eigenvalue weighted by Crippen LogP contribution is -2.38. The highest BCUT2D eigenvalue weighted by molar-refractivity contribution is 6.32. The Balaban J connectivity index is 1.69. The Bertz CT molecular complexity index is 761. The summed E-state index contributed by atoms with van der Waals surface area (Å²) in [5.41, 5.74) is -0.136. The maximum absolute atomic E-state index is 12.9. The fraction of sp³-hybridized carbons (Fsp3) is 0.312. The molecule has 2 aliphatic rings. The SMILES string of the molecule is O=C(Cc1cccc(C(F)(F)F)c1Cl)NC1COC2=C1C=CN(O)C2. The first-order valence-electron chi connectivity index (χ1n) is 7.39. The number of hydroxylamine groups is 2. The van der Waals surface area contributed by atoms with Gasteiger partial charge in [0.15, 0.2) is 0 Å². The van der Waals surface area contributed by atoms with Gasteiger partial charge in [-0.25, -0.2) is 0 Å². The van der Waals surface area contributed by atoms with Crippen LogP contribution < -0.4 is 5.32 Å². The fourth-order valence-corrected chi connectivity index (χ4v) is 3.04. The quantitative estimate of drug-likeness (QED) is 0.854. The van der Waals surface area contributed by atoms with Gasteiger partial charge in [0, 0.05) is 11.8 Å². The summed E-state index contributed by atoms with van der Waals surface area (Å²) in [6.45, 7) is 0.378. The lowest BCUT2D eigenvalue weighted by atomic mass is 10.0. The molecular formula is C16H14ClF3N2O3. The number of halogens is 4. The van der Waals surface area contributed by atoms with Crippen molar-refractivity contribution in [1.82, 2.24) is 10.4 Å². The Labute approximate surface area is 146 Å². The van der Waals surface area contributed by atoms with Crippen LogP contribution in [0.1, 0.15) is 11.1 Å². The summed E-state index contributed by atoms with van der Waals surface area (Å²) < 4.78 is 44.0. The van der Waals surface area contributed by atoms with Crippen molar-refractivity contribution in [3.8, 4) is 0 Å². The highest BCUT2D eigenvalue weighted by Gasteiger charge is 2.34. The van der Waals surface area contributed by atoms with E-state index in [1.54, 1.807) is 6.08 Å². The van der Waals surface area contributed by atoms with Gasteiger partial charge in [-0.05, 0) is 17.7 Å². The Morgan fingerprint density at radius 3 is 2.92 bits per heavy atom. The highest BCUT2D eigenvalue weighted by Crippen LogP contribution is 2.36. The van der Waals surface area contributed by atoms with Crippen molar-refractivity contribution >= 4 is 17.5 Å². The molecule has 0 aromatic heterocycles. The zero-order valence-corrected chi connectivity index (χ0v) is 13.6. The lowest BCUT2D eigenvalue weighted by molar-refractivity contribution is -0.137. The van der Waals surface area contributed by atoms with Gasteiger partial charge in [-0.2, -0.15) is 13.2 Å². The van der Waals surface area contributed by atoms with Crippen LogP contribution in [-0.4, -0.2) is 35.4 Å². The number of alkyl halides is 3. The van der Waals surface area contributed by atoms with Crippen molar-refractivity contribution in [2.45, 2.75) is 18.6 Å². The Morgan fingerprint density at radius 1 is 1.44 bits per heavy atom. The van der Waals surface area contributed by atoms with E-state index in [0.717, 1.165) is 16.7 Å².